The summed E-state index contributed by atoms with van der Waals surface area (Å²) in [4.78, 5) is 20.1. The molecule has 0 radical (unpaired) electrons. The first kappa shape index (κ1) is 16.3. The lowest BCUT2D eigenvalue weighted by atomic mass is 10.1. The van der Waals surface area contributed by atoms with Gasteiger partial charge in [0.1, 0.15) is 5.76 Å². The molecule has 1 unspecified atom stereocenters. The van der Waals surface area contributed by atoms with Crippen molar-refractivity contribution in [3.63, 3.8) is 0 Å². The molecule has 0 bridgehead atoms. The van der Waals surface area contributed by atoms with Crippen LogP contribution in [0.5, 0.6) is 0 Å². The van der Waals surface area contributed by atoms with Crippen molar-refractivity contribution in [1.82, 2.24) is 9.88 Å². The zero-order valence-corrected chi connectivity index (χ0v) is 15.4. The molecule has 5 rings (SSSR count). The van der Waals surface area contributed by atoms with E-state index in [4.69, 9.17) is 4.42 Å². The summed E-state index contributed by atoms with van der Waals surface area (Å²) >= 11 is 0. The number of aromatic nitrogens is 1. The van der Waals surface area contributed by atoms with E-state index in [1.807, 2.05) is 37.3 Å². The average molecular weight is 358 g/mol. The number of fused-ring (bicyclic) bond motifs is 1. The summed E-state index contributed by atoms with van der Waals surface area (Å²) in [5, 5.41) is 0. The van der Waals surface area contributed by atoms with Crippen LogP contribution in [0.3, 0.4) is 0 Å². The number of oxazole rings is 1. The molecule has 0 saturated heterocycles. The summed E-state index contributed by atoms with van der Waals surface area (Å²) in [6, 6.07) is 18.7. The van der Waals surface area contributed by atoms with Crippen LogP contribution in [0.2, 0.25) is 0 Å². The lowest BCUT2D eigenvalue weighted by Gasteiger charge is -2.29. The lowest BCUT2D eigenvalue weighted by molar-refractivity contribution is 0.0651. The lowest BCUT2D eigenvalue weighted by Crippen LogP contribution is -2.36. The van der Waals surface area contributed by atoms with E-state index in [-0.39, 0.29) is 11.9 Å². The second kappa shape index (κ2) is 6.38. The highest BCUT2D eigenvalue weighted by atomic mass is 16.4. The van der Waals surface area contributed by atoms with E-state index in [2.05, 4.69) is 34.1 Å². The summed E-state index contributed by atoms with van der Waals surface area (Å²) in [5.74, 6) is 1.11. The van der Waals surface area contributed by atoms with E-state index in [0.29, 0.717) is 23.4 Å². The predicted octanol–water partition coefficient (Wildman–Crippen LogP) is 4.94. The molecule has 2 aromatic carbocycles. The SMILES string of the molecule is Cc1oc(-c2ccccc2)nc1C(=O)N(C1CC1)C1CCc2ccccc21. The van der Waals surface area contributed by atoms with Gasteiger partial charge in [-0.05, 0) is 55.9 Å². The van der Waals surface area contributed by atoms with E-state index in [0.717, 1.165) is 31.2 Å². The zero-order chi connectivity index (χ0) is 18.4. The molecule has 4 nitrogen and oxygen atoms in total. The number of nitrogens with zero attached hydrogens (tertiary/aromatic N) is 2. The second-order valence-electron chi connectivity index (χ2n) is 7.49. The highest BCUT2D eigenvalue weighted by Gasteiger charge is 2.42. The molecule has 1 heterocycles. The van der Waals surface area contributed by atoms with Gasteiger partial charge in [-0.2, -0.15) is 0 Å². The number of aryl methyl sites for hydroxylation is 2. The van der Waals surface area contributed by atoms with Gasteiger partial charge in [-0.1, -0.05) is 42.5 Å². The molecule has 0 spiro atoms. The van der Waals surface area contributed by atoms with Gasteiger partial charge in [0.2, 0.25) is 5.89 Å². The maximum atomic E-state index is 13.5. The van der Waals surface area contributed by atoms with E-state index >= 15 is 0 Å². The maximum Gasteiger partial charge on any atom is 0.276 e. The Balaban J connectivity index is 1.50. The number of hydrogen-bond acceptors (Lipinski definition) is 3. The molecule has 3 aromatic rings. The Hall–Kier alpha value is -2.88. The highest BCUT2D eigenvalue weighted by Crippen LogP contribution is 2.42. The Bertz CT molecular complexity index is 989. The summed E-state index contributed by atoms with van der Waals surface area (Å²) in [6.45, 7) is 1.83. The first-order chi connectivity index (χ1) is 13.2. The Kier molecular flexibility index (Phi) is 3.85. The fourth-order valence-corrected chi connectivity index (χ4v) is 4.16. The van der Waals surface area contributed by atoms with Gasteiger partial charge in [-0.3, -0.25) is 4.79 Å². The molecule has 27 heavy (non-hydrogen) atoms. The molecule has 1 aromatic heterocycles. The molecule has 2 aliphatic rings. The van der Waals surface area contributed by atoms with Crippen LogP contribution in [0.25, 0.3) is 11.5 Å². The molecule has 4 heteroatoms. The smallest absolute Gasteiger partial charge is 0.276 e. The Labute approximate surface area is 158 Å². The number of hydrogen-bond donors (Lipinski definition) is 0. The third-order valence-electron chi connectivity index (χ3n) is 5.63. The minimum Gasteiger partial charge on any atom is -0.441 e. The van der Waals surface area contributed by atoms with E-state index in [1.54, 1.807) is 0 Å². The number of carbonyl (C=O) groups is 1. The van der Waals surface area contributed by atoms with Gasteiger partial charge in [0, 0.05) is 11.6 Å². The molecular formula is C23H22N2O2. The van der Waals surface area contributed by atoms with Crippen LogP contribution >= 0.6 is 0 Å². The van der Waals surface area contributed by atoms with Gasteiger partial charge in [0.25, 0.3) is 5.91 Å². The summed E-state index contributed by atoms with van der Waals surface area (Å²) in [5.41, 5.74) is 4.00. The molecule has 0 N–H and O–H groups in total. The van der Waals surface area contributed by atoms with Crippen molar-refractivity contribution in [2.45, 2.75) is 44.7 Å². The third kappa shape index (κ3) is 2.85. The van der Waals surface area contributed by atoms with Crippen molar-refractivity contribution < 1.29 is 9.21 Å². The number of carbonyl (C=O) groups excluding carboxylic acids is 1. The minimum atomic E-state index is 0.00244. The van der Waals surface area contributed by atoms with Crippen molar-refractivity contribution in [3.05, 3.63) is 77.2 Å². The van der Waals surface area contributed by atoms with Crippen LogP contribution in [0.4, 0.5) is 0 Å². The van der Waals surface area contributed by atoms with Gasteiger partial charge in [0.05, 0.1) is 6.04 Å². The van der Waals surface area contributed by atoms with Gasteiger partial charge in [0.15, 0.2) is 5.69 Å². The van der Waals surface area contributed by atoms with E-state index in [1.165, 1.54) is 11.1 Å². The van der Waals surface area contributed by atoms with Crippen molar-refractivity contribution >= 4 is 5.91 Å². The highest BCUT2D eigenvalue weighted by molar-refractivity contribution is 5.94. The predicted molar refractivity (Wildman–Crippen MR) is 103 cm³/mol. The normalized spacial score (nSPS) is 18.3. The fraction of sp³-hybridized carbons (Fsp3) is 0.304. The third-order valence-corrected chi connectivity index (χ3v) is 5.63. The Morgan fingerprint density at radius 2 is 1.78 bits per heavy atom. The molecular weight excluding hydrogens is 336 g/mol. The van der Waals surface area contributed by atoms with Crippen molar-refractivity contribution in [2.75, 3.05) is 0 Å². The number of benzene rings is 2. The van der Waals surface area contributed by atoms with Crippen LogP contribution in [0, 0.1) is 6.92 Å². The quantitative estimate of drug-likeness (QED) is 0.663. The molecule has 1 saturated carbocycles. The van der Waals surface area contributed by atoms with Crippen LogP contribution < -0.4 is 0 Å². The van der Waals surface area contributed by atoms with Crippen LogP contribution in [-0.4, -0.2) is 21.8 Å². The molecule has 0 aliphatic heterocycles. The largest absolute Gasteiger partial charge is 0.441 e. The number of rotatable bonds is 4. The molecule has 1 atom stereocenters. The topological polar surface area (TPSA) is 46.3 Å². The standard InChI is InChI=1S/C23H22N2O2/c1-15-21(24-22(27-15)17-8-3-2-4-9-17)23(26)25(18-12-13-18)20-14-11-16-7-5-6-10-19(16)20/h2-10,18,20H,11-14H2,1H3. The Morgan fingerprint density at radius 1 is 1.04 bits per heavy atom. The second-order valence-corrected chi connectivity index (χ2v) is 7.49. The van der Waals surface area contributed by atoms with Crippen LogP contribution in [0.1, 0.15) is 52.7 Å². The summed E-state index contributed by atoms with van der Waals surface area (Å²) < 4.78 is 5.85. The molecule has 136 valence electrons. The molecule has 2 aliphatic carbocycles. The van der Waals surface area contributed by atoms with E-state index < -0.39 is 0 Å². The summed E-state index contributed by atoms with van der Waals surface area (Å²) in [6.07, 6.45) is 4.17. The van der Waals surface area contributed by atoms with E-state index in [9.17, 15) is 4.79 Å². The summed E-state index contributed by atoms with van der Waals surface area (Å²) in [7, 11) is 0. The Morgan fingerprint density at radius 3 is 2.56 bits per heavy atom. The van der Waals surface area contributed by atoms with Gasteiger partial charge in [-0.15, -0.1) is 0 Å². The maximum absolute atomic E-state index is 13.5. The van der Waals surface area contributed by atoms with Crippen molar-refractivity contribution in [1.29, 1.82) is 0 Å². The van der Waals surface area contributed by atoms with Crippen molar-refractivity contribution in [2.24, 2.45) is 0 Å². The van der Waals surface area contributed by atoms with Gasteiger partial charge < -0.3 is 9.32 Å². The van der Waals surface area contributed by atoms with Crippen LogP contribution in [-0.2, 0) is 6.42 Å². The zero-order valence-electron chi connectivity index (χ0n) is 15.4. The average Bonchev–Trinajstić information content (AvgIpc) is 3.32. The first-order valence-electron chi connectivity index (χ1n) is 9.65. The fourth-order valence-electron chi connectivity index (χ4n) is 4.16. The van der Waals surface area contributed by atoms with Gasteiger partial charge in [-0.25, -0.2) is 4.98 Å². The molecule has 1 fully saturated rings. The number of amides is 1. The van der Waals surface area contributed by atoms with Crippen molar-refractivity contribution in [3.8, 4) is 11.5 Å². The molecule has 1 amide bonds. The van der Waals surface area contributed by atoms with Gasteiger partial charge >= 0.3 is 0 Å². The minimum absolute atomic E-state index is 0.00244. The monoisotopic (exact) mass is 358 g/mol. The van der Waals surface area contributed by atoms with Crippen LogP contribution in [0.15, 0.2) is 59.0 Å². The first-order valence-corrected chi connectivity index (χ1v) is 9.65.